The van der Waals surface area contributed by atoms with Gasteiger partial charge in [0, 0.05) is 37.8 Å². The molecule has 0 radical (unpaired) electrons. The van der Waals surface area contributed by atoms with Crippen molar-refractivity contribution in [1.29, 1.82) is 0 Å². The molecule has 0 saturated carbocycles. The molecule has 1 aromatic carbocycles. The van der Waals surface area contributed by atoms with Crippen molar-refractivity contribution < 1.29 is 22.6 Å². The lowest BCUT2D eigenvalue weighted by atomic mass is 9.97. The number of benzene rings is 1. The van der Waals surface area contributed by atoms with E-state index in [0.717, 1.165) is 57.4 Å². The van der Waals surface area contributed by atoms with Crippen molar-refractivity contribution in [1.82, 2.24) is 10.2 Å². The Morgan fingerprint density at radius 1 is 1.15 bits per heavy atom. The largest absolute Gasteiger partial charge is 0.573 e. The molecule has 1 aromatic rings. The lowest BCUT2D eigenvalue weighted by Crippen LogP contribution is -2.45. The lowest BCUT2D eigenvalue weighted by molar-refractivity contribution is -0.274. The van der Waals surface area contributed by atoms with Gasteiger partial charge in [0.15, 0.2) is 0 Å². The van der Waals surface area contributed by atoms with Crippen LogP contribution in [0.4, 0.5) is 13.2 Å². The Balaban J connectivity index is 0.00000338. The number of hydrogen-bond acceptors (Lipinski definition) is 4. The van der Waals surface area contributed by atoms with E-state index in [1.807, 2.05) is 0 Å². The Labute approximate surface area is 171 Å². The molecule has 27 heavy (non-hydrogen) atoms. The highest BCUT2D eigenvalue weighted by Gasteiger charge is 2.32. The normalized spacial score (nSPS) is 16.0. The first-order valence-corrected chi connectivity index (χ1v) is 8.83. The summed E-state index contributed by atoms with van der Waals surface area (Å²) in [7, 11) is 1.55. The van der Waals surface area contributed by atoms with Crippen molar-refractivity contribution in [2.24, 2.45) is 0 Å². The number of hydrogen-bond donors (Lipinski definition) is 1. The number of halogens is 5. The van der Waals surface area contributed by atoms with Gasteiger partial charge in [0.25, 0.3) is 0 Å². The molecule has 0 spiro atoms. The number of rotatable bonds is 8. The number of unbranched alkanes of at least 4 members (excludes halogenated alkanes) is 2. The molecule has 2 rings (SSSR count). The fraction of sp³-hybridized carbons (Fsp3) is 0.667. The van der Waals surface area contributed by atoms with E-state index in [0.29, 0.717) is 5.75 Å². The Morgan fingerprint density at radius 3 is 2.37 bits per heavy atom. The Hall–Kier alpha value is -0.890. The van der Waals surface area contributed by atoms with Crippen molar-refractivity contribution in [3.8, 4) is 11.5 Å². The molecule has 1 atom stereocenters. The molecule has 0 aromatic heterocycles. The van der Waals surface area contributed by atoms with Gasteiger partial charge in [0.2, 0.25) is 0 Å². The second-order valence-electron chi connectivity index (χ2n) is 6.25. The second-order valence-corrected chi connectivity index (χ2v) is 6.25. The van der Waals surface area contributed by atoms with Crippen LogP contribution in [0.2, 0.25) is 0 Å². The molecule has 0 aliphatic carbocycles. The summed E-state index contributed by atoms with van der Waals surface area (Å²) >= 11 is 0. The third kappa shape index (κ3) is 8.34. The summed E-state index contributed by atoms with van der Waals surface area (Å²) in [5, 5.41) is 3.31. The molecular weight excluding hydrogens is 404 g/mol. The fourth-order valence-corrected chi connectivity index (χ4v) is 3.29. The molecule has 0 unspecified atom stereocenters. The van der Waals surface area contributed by atoms with Crippen LogP contribution in [0.25, 0.3) is 0 Å². The van der Waals surface area contributed by atoms with E-state index in [2.05, 4.69) is 21.9 Å². The van der Waals surface area contributed by atoms with Crippen LogP contribution in [0, 0.1) is 0 Å². The number of ether oxygens (including phenoxy) is 2. The van der Waals surface area contributed by atoms with E-state index in [9.17, 15) is 13.2 Å². The summed E-state index contributed by atoms with van der Waals surface area (Å²) in [6.45, 7) is 5.63. The molecule has 1 fully saturated rings. The van der Waals surface area contributed by atoms with Crippen LogP contribution >= 0.6 is 24.8 Å². The zero-order valence-electron chi connectivity index (χ0n) is 15.7. The quantitative estimate of drug-likeness (QED) is 0.588. The van der Waals surface area contributed by atoms with Gasteiger partial charge < -0.3 is 14.8 Å². The molecule has 0 amide bonds. The molecular formula is C18H29Cl2F3N2O2. The Morgan fingerprint density at radius 2 is 1.81 bits per heavy atom. The number of piperazine rings is 1. The van der Waals surface area contributed by atoms with Crippen LogP contribution in [-0.4, -0.2) is 44.6 Å². The summed E-state index contributed by atoms with van der Waals surface area (Å²) in [5.41, 5.74) is 0.766. The summed E-state index contributed by atoms with van der Waals surface area (Å²) in [6.07, 6.45) is -0.580. The minimum Gasteiger partial charge on any atom is -0.496 e. The van der Waals surface area contributed by atoms with Crippen LogP contribution in [0.5, 0.6) is 11.5 Å². The fourth-order valence-electron chi connectivity index (χ4n) is 3.29. The third-order valence-electron chi connectivity index (χ3n) is 4.47. The average Bonchev–Trinajstić information content (AvgIpc) is 2.58. The van der Waals surface area contributed by atoms with Crippen LogP contribution in [0.1, 0.15) is 44.2 Å². The van der Waals surface area contributed by atoms with Crippen LogP contribution < -0.4 is 14.8 Å². The first-order valence-electron chi connectivity index (χ1n) is 8.83. The molecule has 4 nitrogen and oxygen atoms in total. The van der Waals surface area contributed by atoms with Gasteiger partial charge in [-0.3, -0.25) is 4.90 Å². The molecule has 1 N–H and O–H groups in total. The molecule has 1 heterocycles. The minimum absolute atomic E-state index is 0. The minimum atomic E-state index is -4.70. The van der Waals surface area contributed by atoms with Crippen molar-refractivity contribution in [2.45, 2.75) is 45.0 Å². The predicted molar refractivity (Wildman–Crippen MR) is 105 cm³/mol. The number of alkyl halides is 3. The lowest BCUT2D eigenvalue weighted by Gasteiger charge is -2.36. The highest BCUT2D eigenvalue weighted by Crippen LogP contribution is 2.37. The SMILES string of the molecule is CCCCC[C@H](c1cc(OC(F)(F)F)ccc1OC)N1CCNCC1.Cl.Cl. The van der Waals surface area contributed by atoms with E-state index in [4.69, 9.17) is 4.74 Å². The van der Waals surface area contributed by atoms with E-state index in [1.165, 1.54) is 12.1 Å². The van der Waals surface area contributed by atoms with Gasteiger partial charge >= 0.3 is 6.36 Å². The van der Waals surface area contributed by atoms with Gasteiger partial charge in [0.05, 0.1) is 7.11 Å². The standard InChI is InChI=1S/C18H27F3N2O2.2ClH/c1-3-4-5-6-16(23-11-9-22-10-12-23)15-13-14(25-18(19,20)21)7-8-17(15)24-2;;/h7-8,13,16,22H,3-6,9-12H2,1-2H3;2*1H/t16-;;/m1../s1. The van der Waals surface area contributed by atoms with Crippen molar-refractivity contribution >= 4 is 24.8 Å². The van der Waals surface area contributed by atoms with Crippen LogP contribution in [0.3, 0.4) is 0 Å². The Bertz CT molecular complexity index is 542. The first kappa shape index (κ1) is 26.1. The first-order chi connectivity index (χ1) is 11.9. The number of methoxy groups -OCH3 is 1. The zero-order valence-corrected chi connectivity index (χ0v) is 17.3. The molecule has 1 aliphatic rings. The van der Waals surface area contributed by atoms with E-state index >= 15 is 0 Å². The van der Waals surface area contributed by atoms with Crippen LogP contribution in [-0.2, 0) is 0 Å². The smallest absolute Gasteiger partial charge is 0.496 e. The van der Waals surface area contributed by atoms with Gasteiger partial charge in [-0.05, 0) is 24.6 Å². The summed E-state index contributed by atoms with van der Waals surface area (Å²) in [6, 6.07) is 4.37. The Kier molecular flexibility index (Phi) is 12.1. The maximum absolute atomic E-state index is 12.6. The monoisotopic (exact) mass is 432 g/mol. The van der Waals surface area contributed by atoms with E-state index in [1.54, 1.807) is 13.2 Å². The van der Waals surface area contributed by atoms with Gasteiger partial charge in [-0.1, -0.05) is 26.2 Å². The summed E-state index contributed by atoms with van der Waals surface area (Å²) < 4.78 is 47.3. The number of nitrogens with zero attached hydrogens (tertiary/aromatic N) is 1. The van der Waals surface area contributed by atoms with Gasteiger partial charge in [-0.15, -0.1) is 38.0 Å². The van der Waals surface area contributed by atoms with Crippen molar-refractivity contribution in [3.05, 3.63) is 23.8 Å². The summed E-state index contributed by atoms with van der Waals surface area (Å²) in [5.74, 6) is 0.411. The van der Waals surface area contributed by atoms with Gasteiger partial charge in [-0.25, -0.2) is 0 Å². The van der Waals surface area contributed by atoms with Crippen LogP contribution in [0.15, 0.2) is 18.2 Å². The molecule has 9 heteroatoms. The molecule has 0 bridgehead atoms. The van der Waals surface area contributed by atoms with E-state index < -0.39 is 6.36 Å². The third-order valence-corrected chi connectivity index (χ3v) is 4.47. The highest BCUT2D eigenvalue weighted by molar-refractivity contribution is 5.85. The topological polar surface area (TPSA) is 33.7 Å². The maximum Gasteiger partial charge on any atom is 0.573 e. The van der Waals surface area contributed by atoms with Gasteiger partial charge in [0.1, 0.15) is 11.5 Å². The number of nitrogens with one attached hydrogen (secondary N) is 1. The summed E-state index contributed by atoms with van der Waals surface area (Å²) in [4.78, 5) is 2.32. The average molecular weight is 433 g/mol. The van der Waals surface area contributed by atoms with Crippen molar-refractivity contribution in [3.63, 3.8) is 0 Å². The highest BCUT2D eigenvalue weighted by atomic mass is 35.5. The van der Waals surface area contributed by atoms with Gasteiger partial charge in [-0.2, -0.15) is 0 Å². The molecule has 1 aliphatic heterocycles. The zero-order chi connectivity index (χ0) is 18.3. The van der Waals surface area contributed by atoms with Crippen molar-refractivity contribution in [2.75, 3.05) is 33.3 Å². The molecule has 158 valence electrons. The molecule has 1 saturated heterocycles. The van der Waals surface area contributed by atoms with E-state index in [-0.39, 0.29) is 36.6 Å². The maximum atomic E-state index is 12.6. The second kappa shape index (κ2) is 12.5. The predicted octanol–water partition coefficient (Wildman–Crippen LogP) is 4.96.